The fraction of sp³-hybridized carbons (Fsp3) is 0.600. The molecule has 0 aliphatic carbocycles. The normalized spacial score (nSPS) is 18.0. The Kier molecular flexibility index (Phi) is 8.32. The first-order chi connectivity index (χ1) is 13.8. The highest BCUT2D eigenvalue weighted by Crippen LogP contribution is 2.25. The van der Waals surface area contributed by atoms with Crippen molar-refractivity contribution in [1.82, 2.24) is 25.3 Å². The molecule has 2 aromatic rings. The summed E-state index contributed by atoms with van der Waals surface area (Å²) in [6.45, 7) is 11.2. The summed E-state index contributed by atoms with van der Waals surface area (Å²) in [6.07, 6.45) is 3.82. The fourth-order valence-corrected chi connectivity index (χ4v) is 4.21. The van der Waals surface area contributed by atoms with Crippen molar-refractivity contribution in [3.05, 3.63) is 40.8 Å². The molecule has 8 heteroatoms. The SMILES string of the molecule is CCNC(=NCC(C)Cn1cccn1)NCC(c1cccs1)N1CCOCC1. The molecule has 0 saturated carbocycles. The van der Waals surface area contributed by atoms with Crippen LogP contribution in [0, 0.1) is 5.92 Å². The maximum Gasteiger partial charge on any atom is 0.191 e. The highest BCUT2D eigenvalue weighted by atomic mass is 32.1. The van der Waals surface area contributed by atoms with Crippen LogP contribution in [-0.2, 0) is 11.3 Å². The lowest BCUT2D eigenvalue weighted by molar-refractivity contribution is 0.0177. The van der Waals surface area contributed by atoms with Crippen molar-refractivity contribution in [3.63, 3.8) is 0 Å². The third-order valence-corrected chi connectivity index (χ3v) is 5.76. The maximum atomic E-state index is 5.54. The minimum Gasteiger partial charge on any atom is -0.379 e. The van der Waals surface area contributed by atoms with Gasteiger partial charge in [0.25, 0.3) is 0 Å². The molecule has 1 aliphatic heterocycles. The molecule has 0 aromatic carbocycles. The van der Waals surface area contributed by atoms with Crippen LogP contribution in [0.3, 0.4) is 0 Å². The Morgan fingerprint density at radius 2 is 2.18 bits per heavy atom. The molecule has 0 radical (unpaired) electrons. The molecule has 1 fully saturated rings. The van der Waals surface area contributed by atoms with E-state index >= 15 is 0 Å². The van der Waals surface area contributed by atoms with E-state index < -0.39 is 0 Å². The molecule has 0 bridgehead atoms. The average Bonchev–Trinajstić information content (AvgIpc) is 3.41. The summed E-state index contributed by atoms with van der Waals surface area (Å²) < 4.78 is 7.50. The Hall–Kier alpha value is -1.90. The highest BCUT2D eigenvalue weighted by Gasteiger charge is 2.23. The van der Waals surface area contributed by atoms with Crippen molar-refractivity contribution in [3.8, 4) is 0 Å². The minimum absolute atomic E-state index is 0.342. The Bertz CT molecular complexity index is 682. The average molecular weight is 405 g/mol. The fourth-order valence-electron chi connectivity index (χ4n) is 3.35. The van der Waals surface area contributed by atoms with E-state index in [1.165, 1.54) is 4.88 Å². The van der Waals surface area contributed by atoms with Gasteiger partial charge in [-0.15, -0.1) is 11.3 Å². The van der Waals surface area contributed by atoms with Crippen LogP contribution in [0.4, 0.5) is 0 Å². The second-order valence-electron chi connectivity index (χ2n) is 7.11. The summed E-state index contributed by atoms with van der Waals surface area (Å²) in [7, 11) is 0. The van der Waals surface area contributed by atoms with Crippen LogP contribution >= 0.6 is 11.3 Å². The lowest BCUT2D eigenvalue weighted by atomic mass is 10.2. The molecule has 28 heavy (non-hydrogen) atoms. The molecule has 0 spiro atoms. The van der Waals surface area contributed by atoms with Crippen molar-refractivity contribution in [2.24, 2.45) is 10.9 Å². The second kappa shape index (κ2) is 11.2. The molecule has 7 nitrogen and oxygen atoms in total. The molecular weight excluding hydrogens is 372 g/mol. The van der Waals surface area contributed by atoms with Crippen LogP contribution in [0.1, 0.15) is 24.8 Å². The molecule has 3 heterocycles. The topological polar surface area (TPSA) is 66.7 Å². The lowest BCUT2D eigenvalue weighted by Gasteiger charge is -2.34. The first-order valence-electron chi connectivity index (χ1n) is 10.1. The molecule has 154 valence electrons. The van der Waals surface area contributed by atoms with Gasteiger partial charge in [-0.2, -0.15) is 5.10 Å². The lowest BCUT2D eigenvalue weighted by Crippen LogP contribution is -2.46. The first-order valence-corrected chi connectivity index (χ1v) is 11.0. The Morgan fingerprint density at radius 1 is 1.32 bits per heavy atom. The minimum atomic E-state index is 0.342. The Balaban J connectivity index is 1.58. The summed E-state index contributed by atoms with van der Waals surface area (Å²) in [5.74, 6) is 1.30. The van der Waals surface area contributed by atoms with Gasteiger partial charge >= 0.3 is 0 Å². The van der Waals surface area contributed by atoms with Gasteiger partial charge in [0.05, 0.1) is 19.3 Å². The quantitative estimate of drug-likeness (QED) is 0.495. The zero-order valence-corrected chi connectivity index (χ0v) is 17.7. The van der Waals surface area contributed by atoms with Crippen molar-refractivity contribution < 1.29 is 4.74 Å². The van der Waals surface area contributed by atoms with Crippen LogP contribution in [0.15, 0.2) is 41.0 Å². The van der Waals surface area contributed by atoms with E-state index in [0.29, 0.717) is 12.0 Å². The van der Waals surface area contributed by atoms with Gasteiger partial charge in [-0.1, -0.05) is 13.0 Å². The predicted octanol–water partition coefficient (Wildman–Crippen LogP) is 2.21. The van der Waals surface area contributed by atoms with Crippen LogP contribution in [0.25, 0.3) is 0 Å². The summed E-state index contributed by atoms with van der Waals surface area (Å²) in [5, 5.41) is 13.4. The van der Waals surface area contributed by atoms with Crippen LogP contribution < -0.4 is 10.6 Å². The van der Waals surface area contributed by atoms with E-state index in [2.05, 4.69) is 52.0 Å². The second-order valence-corrected chi connectivity index (χ2v) is 8.09. The number of rotatable bonds is 9. The van der Waals surface area contributed by atoms with E-state index in [0.717, 1.165) is 58.4 Å². The third-order valence-electron chi connectivity index (χ3n) is 4.78. The van der Waals surface area contributed by atoms with Crippen molar-refractivity contribution in [1.29, 1.82) is 0 Å². The number of aromatic nitrogens is 2. The van der Waals surface area contributed by atoms with Gasteiger partial charge in [0.2, 0.25) is 0 Å². The third kappa shape index (κ3) is 6.32. The van der Waals surface area contributed by atoms with Gasteiger partial charge in [0.15, 0.2) is 5.96 Å². The first kappa shape index (κ1) is 20.8. The molecule has 2 unspecified atom stereocenters. The van der Waals surface area contributed by atoms with Gasteiger partial charge < -0.3 is 15.4 Å². The number of ether oxygens (including phenoxy) is 1. The van der Waals surface area contributed by atoms with Gasteiger partial charge in [-0.25, -0.2) is 0 Å². The number of morpholine rings is 1. The van der Waals surface area contributed by atoms with Gasteiger partial charge in [0, 0.05) is 56.5 Å². The number of hydrogen-bond acceptors (Lipinski definition) is 5. The molecule has 2 aromatic heterocycles. The van der Waals surface area contributed by atoms with E-state index in [9.17, 15) is 0 Å². The molecule has 1 saturated heterocycles. The molecule has 3 rings (SSSR count). The molecule has 2 N–H and O–H groups in total. The van der Waals surface area contributed by atoms with Gasteiger partial charge in [-0.3, -0.25) is 14.6 Å². The van der Waals surface area contributed by atoms with Crippen LogP contribution in [0.2, 0.25) is 0 Å². The number of nitrogens with zero attached hydrogens (tertiary/aromatic N) is 4. The molecule has 0 amide bonds. The van der Waals surface area contributed by atoms with E-state index in [1.54, 1.807) is 0 Å². The van der Waals surface area contributed by atoms with Crippen molar-refractivity contribution in [2.45, 2.75) is 26.4 Å². The van der Waals surface area contributed by atoms with Crippen molar-refractivity contribution >= 4 is 17.3 Å². The van der Waals surface area contributed by atoms with E-state index in [4.69, 9.17) is 9.73 Å². The Labute approximate surface area is 171 Å². The largest absolute Gasteiger partial charge is 0.379 e. The molecule has 2 atom stereocenters. The van der Waals surface area contributed by atoms with E-state index in [-0.39, 0.29) is 0 Å². The van der Waals surface area contributed by atoms with Gasteiger partial charge in [-0.05, 0) is 30.4 Å². The predicted molar refractivity (Wildman–Crippen MR) is 115 cm³/mol. The highest BCUT2D eigenvalue weighted by molar-refractivity contribution is 7.10. The monoisotopic (exact) mass is 404 g/mol. The summed E-state index contributed by atoms with van der Waals surface area (Å²) in [6, 6.07) is 6.65. The molecule has 1 aliphatic rings. The summed E-state index contributed by atoms with van der Waals surface area (Å²) in [4.78, 5) is 8.70. The van der Waals surface area contributed by atoms with Gasteiger partial charge in [0.1, 0.15) is 0 Å². The number of aliphatic imine (C=N–C) groups is 1. The number of guanidine groups is 1. The number of thiophene rings is 1. The maximum absolute atomic E-state index is 5.54. The van der Waals surface area contributed by atoms with Crippen LogP contribution in [-0.4, -0.2) is 66.6 Å². The molecular formula is C20H32N6OS. The Morgan fingerprint density at radius 3 is 2.86 bits per heavy atom. The zero-order valence-electron chi connectivity index (χ0n) is 16.9. The summed E-state index contributed by atoms with van der Waals surface area (Å²) in [5.41, 5.74) is 0. The zero-order chi connectivity index (χ0) is 19.6. The smallest absolute Gasteiger partial charge is 0.191 e. The van der Waals surface area contributed by atoms with Crippen LogP contribution in [0.5, 0.6) is 0 Å². The number of hydrogen-bond donors (Lipinski definition) is 2. The standard InChI is InChI=1S/C20H32N6OS/c1-3-21-20(22-14-17(2)16-26-8-5-7-24-26)23-15-18(19-6-4-13-28-19)25-9-11-27-12-10-25/h4-8,13,17-18H,3,9-12,14-16H2,1-2H3,(H2,21,22,23). The van der Waals surface area contributed by atoms with E-state index in [1.807, 2.05) is 34.5 Å². The summed E-state index contributed by atoms with van der Waals surface area (Å²) >= 11 is 1.82. The number of nitrogens with one attached hydrogen (secondary N) is 2. The van der Waals surface area contributed by atoms with Crippen molar-refractivity contribution in [2.75, 3.05) is 45.9 Å².